The minimum absolute atomic E-state index is 0.253. The highest BCUT2D eigenvalue weighted by molar-refractivity contribution is 7.92. The number of anilines is 2. The number of halogens is 1. The van der Waals surface area contributed by atoms with Crippen molar-refractivity contribution in [1.82, 2.24) is 0 Å². The van der Waals surface area contributed by atoms with Crippen molar-refractivity contribution in [1.29, 1.82) is 0 Å². The Labute approximate surface area is 152 Å². The lowest BCUT2D eigenvalue weighted by Crippen LogP contribution is -2.37. The van der Waals surface area contributed by atoms with E-state index in [9.17, 15) is 13.2 Å². The topological polar surface area (TPSA) is 75.7 Å². The molecule has 0 radical (unpaired) electrons. The van der Waals surface area contributed by atoms with E-state index in [1.807, 2.05) is 6.07 Å². The molecule has 1 amide bonds. The molecule has 0 heterocycles. The number of hydrogen-bond donors (Lipinski definition) is 1. The van der Waals surface area contributed by atoms with E-state index in [4.69, 9.17) is 16.3 Å². The minimum atomic E-state index is -3.68. The van der Waals surface area contributed by atoms with Gasteiger partial charge in [-0.15, -0.1) is 0 Å². The number of nitrogens with one attached hydrogen (secondary N) is 1. The Kier molecular flexibility index (Phi) is 6.41. The Balaban J connectivity index is 2.18. The number of carbonyl (C=O) groups is 1. The van der Waals surface area contributed by atoms with Gasteiger partial charge in [0.1, 0.15) is 6.54 Å². The van der Waals surface area contributed by atoms with Gasteiger partial charge in [0.05, 0.1) is 23.6 Å². The summed E-state index contributed by atoms with van der Waals surface area (Å²) in [6.45, 7) is 0.0376. The molecule has 6 nitrogen and oxygen atoms in total. The van der Waals surface area contributed by atoms with Crippen molar-refractivity contribution in [3.63, 3.8) is 0 Å². The van der Waals surface area contributed by atoms with Crippen LogP contribution >= 0.6 is 11.6 Å². The summed E-state index contributed by atoms with van der Waals surface area (Å²) in [6.07, 6.45) is 1.03. The Morgan fingerprint density at radius 1 is 1.20 bits per heavy atom. The number of hydrogen-bond acceptors (Lipinski definition) is 4. The Hall–Kier alpha value is -2.09. The second kappa shape index (κ2) is 8.33. The summed E-state index contributed by atoms with van der Waals surface area (Å²) in [4.78, 5) is 12.3. The van der Waals surface area contributed by atoms with Gasteiger partial charge in [-0.2, -0.15) is 0 Å². The minimum Gasteiger partial charge on any atom is -0.380 e. The molecular formula is C17H19ClN2O4S. The Bertz CT molecular complexity index is 855. The van der Waals surface area contributed by atoms with Crippen LogP contribution in [0.2, 0.25) is 5.02 Å². The van der Waals surface area contributed by atoms with Crippen LogP contribution in [0.4, 0.5) is 11.4 Å². The summed E-state index contributed by atoms with van der Waals surface area (Å²) in [5.41, 5.74) is 1.72. The highest BCUT2D eigenvalue weighted by atomic mass is 35.5. The van der Waals surface area contributed by atoms with Crippen molar-refractivity contribution in [2.24, 2.45) is 0 Å². The summed E-state index contributed by atoms with van der Waals surface area (Å²) in [5.74, 6) is -0.472. The molecule has 0 atom stereocenters. The van der Waals surface area contributed by atoms with Crippen molar-refractivity contribution >= 4 is 38.9 Å². The van der Waals surface area contributed by atoms with Gasteiger partial charge in [0, 0.05) is 12.8 Å². The lowest BCUT2D eigenvalue weighted by atomic mass is 10.2. The molecule has 134 valence electrons. The van der Waals surface area contributed by atoms with Crippen LogP contribution in [0.3, 0.4) is 0 Å². The number of amides is 1. The summed E-state index contributed by atoms with van der Waals surface area (Å²) < 4.78 is 30.2. The van der Waals surface area contributed by atoms with E-state index in [2.05, 4.69) is 5.32 Å². The zero-order valence-corrected chi connectivity index (χ0v) is 15.5. The van der Waals surface area contributed by atoms with Crippen LogP contribution in [0.15, 0.2) is 48.5 Å². The molecule has 0 aliphatic rings. The first kappa shape index (κ1) is 19.2. The number of nitrogens with zero attached hydrogens (tertiary/aromatic N) is 1. The largest absolute Gasteiger partial charge is 0.380 e. The fourth-order valence-corrected chi connectivity index (χ4v) is 3.43. The first-order valence-electron chi connectivity index (χ1n) is 7.41. The molecular weight excluding hydrogens is 364 g/mol. The Morgan fingerprint density at radius 3 is 2.56 bits per heavy atom. The molecule has 0 spiro atoms. The molecule has 0 aliphatic heterocycles. The van der Waals surface area contributed by atoms with Crippen molar-refractivity contribution in [2.45, 2.75) is 6.61 Å². The maximum absolute atomic E-state index is 12.3. The molecule has 2 aromatic carbocycles. The highest BCUT2D eigenvalue weighted by Gasteiger charge is 2.22. The second-order valence-corrected chi connectivity index (χ2v) is 7.72. The van der Waals surface area contributed by atoms with Crippen LogP contribution in [-0.2, 0) is 26.2 Å². The van der Waals surface area contributed by atoms with Crippen LogP contribution in [0.5, 0.6) is 0 Å². The van der Waals surface area contributed by atoms with E-state index >= 15 is 0 Å². The van der Waals surface area contributed by atoms with Gasteiger partial charge in [-0.05, 0) is 29.8 Å². The standard InChI is InChI=1S/C17H19ClN2O4S/c1-24-12-13-6-5-7-14(10-13)19-17(21)11-20(25(2,22)23)16-9-4-3-8-15(16)18/h3-10H,11-12H2,1-2H3,(H,19,21). The number of ether oxygens (including phenoxy) is 1. The lowest BCUT2D eigenvalue weighted by Gasteiger charge is -2.22. The van der Waals surface area contributed by atoms with Crippen molar-refractivity contribution < 1.29 is 17.9 Å². The van der Waals surface area contributed by atoms with Crippen LogP contribution in [-0.4, -0.2) is 34.2 Å². The maximum atomic E-state index is 12.3. The van der Waals surface area contributed by atoms with Gasteiger partial charge in [-0.3, -0.25) is 9.10 Å². The first-order valence-corrected chi connectivity index (χ1v) is 9.64. The normalized spacial score (nSPS) is 11.2. The second-order valence-electron chi connectivity index (χ2n) is 5.40. The number of rotatable bonds is 7. The molecule has 0 saturated carbocycles. The predicted molar refractivity (Wildman–Crippen MR) is 99.4 cm³/mol. The van der Waals surface area contributed by atoms with E-state index in [1.54, 1.807) is 49.6 Å². The molecule has 0 bridgehead atoms. The van der Waals surface area contributed by atoms with E-state index in [-0.39, 0.29) is 17.3 Å². The summed E-state index contributed by atoms with van der Waals surface area (Å²) in [6, 6.07) is 13.6. The molecule has 0 aromatic heterocycles. The van der Waals surface area contributed by atoms with Gasteiger partial charge in [0.2, 0.25) is 15.9 Å². The fourth-order valence-electron chi connectivity index (χ4n) is 2.27. The summed E-state index contributed by atoms with van der Waals surface area (Å²) in [7, 11) is -2.09. The summed E-state index contributed by atoms with van der Waals surface area (Å²) >= 11 is 6.07. The van der Waals surface area contributed by atoms with Gasteiger partial charge >= 0.3 is 0 Å². The third kappa shape index (κ3) is 5.45. The van der Waals surface area contributed by atoms with Crippen LogP contribution in [0, 0.1) is 0 Å². The summed E-state index contributed by atoms with van der Waals surface area (Å²) in [5, 5.41) is 2.94. The van der Waals surface area contributed by atoms with Crippen molar-refractivity contribution in [3.05, 3.63) is 59.1 Å². The van der Waals surface area contributed by atoms with E-state index < -0.39 is 15.9 Å². The molecule has 0 fully saturated rings. The number of methoxy groups -OCH3 is 1. The average molecular weight is 383 g/mol. The van der Waals surface area contributed by atoms with Crippen LogP contribution in [0.25, 0.3) is 0 Å². The molecule has 0 unspecified atom stereocenters. The third-order valence-corrected chi connectivity index (χ3v) is 4.78. The molecule has 2 aromatic rings. The smallest absolute Gasteiger partial charge is 0.245 e. The molecule has 0 aliphatic carbocycles. The first-order chi connectivity index (χ1) is 11.8. The monoisotopic (exact) mass is 382 g/mol. The van der Waals surface area contributed by atoms with E-state index in [0.29, 0.717) is 12.3 Å². The number of carbonyl (C=O) groups excluding carboxylic acids is 1. The zero-order chi connectivity index (χ0) is 18.4. The zero-order valence-electron chi connectivity index (χ0n) is 13.9. The predicted octanol–water partition coefficient (Wildman–Crippen LogP) is 2.89. The lowest BCUT2D eigenvalue weighted by molar-refractivity contribution is -0.114. The quantitative estimate of drug-likeness (QED) is 0.798. The molecule has 2 rings (SSSR count). The SMILES string of the molecule is COCc1cccc(NC(=O)CN(c2ccccc2Cl)S(C)(=O)=O)c1. The van der Waals surface area contributed by atoms with E-state index in [1.165, 1.54) is 0 Å². The molecule has 1 N–H and O–H groups in total. The maximum Gasteiger partial charge on any atom is 0.245 e. The van der Waals surface area contributed by atoms with Gasteiger partial charge in [-0.1, -0.05) is 35.9 Å². The fraction of sp³-hybridized carbons (Fsp3) is 0.235. The third-order valence-electron chi connectivity index (χ3n) is 3.33. The number of sulfonamides is 1. The highest BCUT2D eigenvalue weighted by Crippen LogP contribution is 2.27. The van der Waals surface area contributed by atoms with Gasteiger partial charge in [0.15, 0.2) is 0 Å². The number of para-hydroxylation sites is 1. The van der Waals surface area contributed by atoms with Crippen LogP contribution in [0.1, 0.15) is 5.56 Å². The van der Waals surface area contributed by atoms with E-state index in [0.717, 1.165) is 16.1 Å². The van der Waals surface area contributed by atoms with Gasteiger partial charge < -0.3 is 10.1 Å². The van der Waals surface area contributed by atoms with Crippen molar-refractivity contribution in [3.8, 4) is 0 Å². The Morgan fingerprint density at radius 2 is 1.92 bits per heavy atom. The van der Waals surface area contributed by atoms with Gasteiger partial charge in [-0.25, -0.2) is 8.42 Å². The molecule has 8 heteroatoms. The average Bonchev–Trinajstić information content (AvgIpc) is 2.53. The molecule has 0 saturated heterocycles. The van der Waals surface area contributed by atoms with Gasteiger partial charge in [0.25, 0.3) is 0 Å². The molecule has 25 heavy (non-hydrogen) atoms. The van der Waals surface area contributed by atoms with Crippen LogP contribution < -0.4 is 9.62 Å². The van der Waals surface area contributed by atoms with Crippen molar-refractivity contribution in [2.75, 3.05) is 29.5 Å². The number of benzene rings is 2.